The second-order valence-corrected chi connectivity index (χ2v) is 6.42. The van der Waals surface area contributed by atoms with E-state index in [0.717, 1.165) is 19.4 Å². The second-order valence-electron chi connectivity index (χ2n) is 6.42. The van der Waals surface area contributed by atoms with Gasteiger partial charge in [0, 0.05) is 38.0 Å². The maximum absolute atomic E-state index is 12.5. The third kappa shape index (κ3) is 2.54. The summed E-state index contributed by atoms with van der Waals surface area (Å²) < 4.78 is 0. The second kappa shape index (κ2) is 5.16. The number of piperidine rings is 1. The number of nitrogens with one attached hydrogen (secondary N) is 1. The van der Waals surface area contributed by atoms with Crippen molar-refractivity contribution in [1.29, 1.82) is 0 Å². The molecular formula is C15H21N3O3. The quantitative estimate of drug-likeness (QED) is 0.722. The minimum Gasteiger partial charge on any atom is -0.344 e. The molecule has 6 heteroatoms. The van der Waals surface area contributed by atoms with Crippen LogP contribution in [-0.2, 0) is 14.4 Å². The SMILES string of the molecule is C=CC(=O)N1CC2(CCCN(C(=O)[C@H]3CCC(=O)N3)C2)C1. The van der Waals surface area contributed by atoms with Crippen molar-refractivity contribution in [2.24, 2.45) is 5.41 Å². The molecule has 114 valence electrons. The van der Waals surface area contributed by atoms with Gasteiger partial charge in [-0.05, 0) is 25.3 Å². The van der Waals surface area contributed by atoms with Gasteiger partial charge < -0.3 is 15.1 Å². The van der Waals surface area contributed by atoms with Crippen LogP contribution in [0, 0.1) is 5.41 Å². The van der Waals surface area contributed by atoms with Crippen molar-refractivity contribution in [2.45, 2.75) is 31.7 Å². The summed E-state index contributed by atoms with van der Waals surface area (Å²) in [6.07, 6.45) is 4.39. The Hall–Kier alpha value is -1.85. The molecule has 3 heterocycles. The Morgan fingerprint density at radius 2 is 2.00 bits per heavy atom. The fourth-order valence-electron chi connectivity index (χ4n) is 3.72. The summed E-state index contributed by atoms with van der Waals surface area (Å²) in [5.74, 6) is -0.0352. The van der Waals surface area contributed by atoms with E-state index >= 15 is 0 Å². The van der Waals surface area contributed by atoms with Gasteiger partial charge in [0.2, 0.25) is 17.7 Å². The first kappa shape index (κ1) is 14.1. The summed E-state index contributed by atoms with van der Waals surface area (Å²) in [6, 6.07) is -0.348. The van der Waals surface area contributed by atoms with Crippen LogP contribution in [-0.4, -0.2) is 59.7 Å². The summed E-state index contributed by atoms with van der Waals surface area (Å²) in [4.78, 5) is 38.9. The van der Waals surface area contributed by atoms with Gasteiger partial charge in [0.25, 0.3) is 0 Å². The third-order valence-corrected chi connectivity index (χ3v) is 4.81. The first-order chi connectivity index (χ1) is 10.0. The van der Waals surface area contributed by atoms with Gasteiger partial charge in [0.05, 0.1) is 0 Å². The Balaban J connectivity index is 1.59. The monoisotopic (exact) mass is 291 g/mol. The Morgan fingerprint density at radius 3 is 2.62 bits per heavy atom. The molecule has 3 rings (SSSR count). The van der Waals surface area contributed by atoms with Crippen LogP contribution in [0.5, 0.6) is 0 Å². The molecule has 0 saturated carbocycles. The average molecular weight is 291 g/mol. The van der Waals surface area contributed by atoms with Gasteiger partial charge in [-0.15, -0.1) is 0 Å². The zero-order chi connectivity index (χ0) is 15.0. The fraction of sp³-hybridized carbons (Fsp3) is 0.667. The molecule has 0 aromatic rings. The van der Waals surface area contributed by atoms with E-state index in [2.05, 4.69) is 11.9 Å². The molecule has 3 amide bonds. The Morgan fingerprint density at radius 1 is 1.29 bits per heavy atom. The minimum absolute atomic E-state index is 0.0351. The van der Waals surface area contributed by atoms with Crippen LogP contribution in [0.15, 0.2) is 12.7 Å². The van der Waals surface area contributed by atoms with Crippen molar-refractivity contribution >= 4 is 17.7 Å². The summed E-state index contributed by atoms with van der Waals surface area (Å²) >= 11 is 0. The maximum Gasteiger partial charge on any atom is 0.245 e. The number of rotatable bonds is 2. The van der Waals surface area contributed by atoms with Crippen LogP contribution in [0.25, 0.3) is 0 Å². The number of carbonyl (C=O) groups is 3. The molecule has 3 aliphatic rings. The van der Waals surface area contributed by atoms with Gasteiger partial charge in [-0.3, -0.25) is 14.4 Å². The Labute approximate surface area is 124 Å². The molecular weight excluding hydrogens is 270 g/mol. The molecule has 0 aromatic heterocycles. The molecule has 0 aromatic carbocycles. The highest BCUT2D eigenvalue weighted by atomic mass is 16.2. The van der Waals surface area contributed by atoms with E-state index in [1.54, 1.807) is 4.90 Å². The number of nitrogens with zero attached hydrogens (tertiary/aromatic N) is 2. The van der Waals surface area contributed by atoms with Gasteiger partial charge in [0.15, 0.2) is 0 Å². The lowest BCUT2D eigenvalue weighted by molar-refractivity contribution is -0.149. The van der Waals surface area contributed by atoms with Crippen LogP contribution < -0.4 is 5.32 Å². The maximum atomic E-state index is 12.5. The van der Waals surface area contributed by atoms with E-state index in [1.165, 1.54) is 6.08 Å². The Kier molecular flexibility index (Phi) is 3.47. The predicted octanol–water partition coefficient (Wildman–Crippen LogP) is -0.0980. The number of carbonyl (C=O) groups excluding carboxylic acids is 3. The summed E-state index contributed by atoms with van der Waals surface area (Å²) in [7, 11) is 0. The molecule has 3 fully saturated rings. The van der Waals surface area contributed by atoms with Crippen LogP contribution in [0.4, 0.5) is 0 Å². The van der Waals surface area contributed by atoms with Crippen molar-refractivity contribution in [3.8, 4) is 0 Å². The minimum atomic E-state index is -0.348. The van der Waals surface area contributed by atoms with Gasteiger partial charge in [-0.25, -0.2) is 0 Å². The molecule has 1 atom stereocenters. The first-order valence-electron chi connectivity index (χ1n) is 7.52. The summed E-state index contributed by atoms with van der Waals surface area (Å²) in [5, 5.41) is 2.74. The van der Waals surface area contributed by atoms with Crippen LogP contribution in [0.1, 0.15) is 25.7 Å². The van der Waals surface area contributed by atoms with E-state index in [1.807, 2.05) is 4.90 Å². The van der Waals surface area contributed by atoms with Crippen molar-refractivity contribution in [1.82, 2.24) is 15.1 Å². The standard InChI is InChI=1S/C15H21N3O3/c1-2-13(20)18-9-15(10-18)6-3-7-17(8-15)14(21)11-4-5-12(19)16-11/h2,11H,1,3-10H2,(H,16,19)/t11-/m1/s1. The van der Waals surface area contributed by atoms with Crippen molar-refractivity contribution in [3.05, 3.63) is 12.7 Å². The highest BCUT2D eigenvalue weighted by Crippen LogP contribution is 2.39. The van der Waals surface area contributed by atoms with E-state index < -0.39 is 0 Å². The zero-order valence-electron chi connectivity index (χ0n) is 12.1. The predicted molar refractivity (Wildman–Crippen MR) is 76.2 cm³/mol. The summed E-state index contributed by atoms with van der Waals surface area (Å²) in [5.41, 5.74) is 0.0508. The van der Waals surface area contributed by atoms with E-state index in [0.29, 0.717) is 32.5 Å². The molecule has 1 spiro atoms. The highest BCUT2D eigenvalue weighted by molar-refractivity contribution is 5.91. The number of hydrogen-bond acceptors (Lipinski definition) is 3. The zero-order valence-corrected chi connectivity index (χ0v) is 12.1. The molecule has 0 radical (unpaired) electrons. The molecule has 21 heavy (non-hydrogen) atoms. The lowest BCUT2D eigenvalue weighted by Crippen LogP contribution is -2.65. The van der Waals surface area contributed by atoms with Crippen LogP contribution in [0.2, 0.25) is 0 Å². The highest BCUT2D eigenvalue weighted by Gasteiger charge is 2.48. The fourth-order valence-corrected chi connectivity index (χ4v) is 3.72. The van der Waals surface area contributed by atoms with Gasteiger partial charge in [-0.2, -0.15) is 0 Å². The lowest BCUT2D eigenvalue weighted by Gasteiger charge is -2.54. The number of likely N-dealkylation sites (tertiary alicyclic amines) is 2. The van der Waals surface area contributed by atoms with Gasteiger partial charge in [-0.1, -0.05) is 6.58 Å². The molecule has 3 aliphatic heterocycles. The van der Waals surface area contributed by atoms with E-state index in [-0.39, 0.29) is 29.2 Å². The normalized spacial score (nSPS) is 27.2. The van der Waals surface area contributed by atoms with Crippen LogP contribution in [0.3, 0.4) is 0 Å². The smallest absolute Gasteiger partial charge is 0.245 e. The van der Waals surface area contributed by atoms with Crippen molar-refractivity contribution in [2.75, 3.05) is 26.2 Å². The van der Waals surface area contributed by atoms with E-state index in [4.69, 9.17) is 0 Å². The first-order valence-corrected chi connectivity index (χ1v) is 7.52. The summed E-state index contributed by atoms with van der Waals surface area (Å²) in [6.45, 7) is 6.36. The molecule has 0 bridgehead atoms. The molecule has 1 N–H and O–H groups in total. The Bertz CT molecular complexity index is 496. The van der Waals surface area contributed by atoms with E-state index in [9.17, 15) is 14.4 Å². The number of amides is 3. The molecule has 6 nitrogen and oxygen atoms in total. The van der Waals surface area contributed by atoms with Gasteiger partial charge in [0.1, 0.15) is 6.04 Å². The molecule has 3 saturated heterocycles. The molecule has 0 unspecified atom stereocenters. The van der Waals surface area contributed by atoms with Crippen molar-refractivity contribution in [3.63, 3.8) is 0 Å². The third-order valence-electron chi connectivity index (χ3n) is 4.81. The largest absolute Gasteiger partial charge is 0.344 e. The van der Waals surface area contributed by atoms with Crippen molar-refractivity contribution < 1.29 is 14.4 Å². The molecule has 0 aliphatic carbocycles. The lowest BCUT2D eigenvalue weighted by atomic mass is 9.73. The average Bonchev–Trinajstić information content (AvgIpc) is 2.89. The van der Waals surface area contributed by atoms with Crippen LogP contribution >= 0.6 is 0 Å². The topological polar surface area (TPSA) is 69.7 Å². The van der Waals surface area contributed by atoms with Gasteiger partial charge >= 0.3 is 0 Å². The number of hydrogen-bond donors (Lipinski definition) is 1.